The fraction of sp³-hybridized carbons (Fsp3) is 0.424. The van der Waals surface area contributed by atoms with Crippen LogP contribution < -0.4 is 20.5 Å². The largest absolute Gasteiger partial charge is 0.493 e. The number of nitrogens with one attached hydrogen (secondary N) is 1. The number of fused-ring (bicyclic) bond motifs is 1. The van der Waals surface area contributed by atoms with E-state index in [1.165, 1.54) is 13.0 Å². The molecule has 3 heterocycles. The van der Waals surface area contributed by atoms with Crippen LogP contribution in [0.2, 0.25) is 0 Å². The average molecular weight is 646 g/mol. The van der Waals surface area contributed by atoms with Gasteiger partial charge in [0.05, 0.1) is 30.9 Å². The lowest BCUT2D eigenvalue weighted by atomic mass is 9.90. The number of rotatable bonds is 7. The first-order chi connectivity index (χ1) is 21.7. The van der Waals surface area contributed by atoms with E-state index in [4.69, 9.17) is 9.47 Å². The number of aryl methyl sites for hydroxylation is 2. The van der Waals surface area contributed by atoms with Crippen LogP contribution in [0.25, 0.3) is 11.1 Å². The van der Waals surface area contributed by atoms with E-state index in [9.17, 15) is 32.7 Å². The number of aromatic nitrogens is 1. The number of anilines is 1. The molecule has 5 rings (SSSR count). The number of halogens is 4. The van der Waals surface area contributed by atoms with Crippen LogP contribution in [0.15, 0.2) is 35.1 Å². The Balaban J connectivity index is 1.43. The molecule has 1 amide bonds. The molecule has 13 heteroatoms. The minimum Gasteiger partial charge on any atom is -0.493 e. The third-order valence-electron chi connectivity index (χ3n) is 8.80. The molecule has 9 nitrogen and oxygen atoms in total. The number of ether oxygens (including phenoxy) is 2. The Kier molecular flexibility index (Phi) is 9.16. The van der Waals surface area contributed by atoms with Crippen molar-refractivity contribution < 1.29 is 41.7 Å². The van der Waals surface area contributed by atoms with Crippen LogP contribution in [0.3, 0.4) is 0 Å². The van der Waals surface area contributed by atoms with E-state index in [1.807, 2.05) is 13.8 Å². The number of nitrogens with zero attached hydrogens (tertiary/aromatic N) is 2. The third kappa shape index (κ3) is 6.33. The molecule has 0 radical (unpaired) electrons. The molecule has 1 fully saturated rings. The van der Waals surface area contributed by atoms with E-state index < -0.39 is 48.1 Å². The minimum atomic E-state index is -4.62. The van der Waals surface area contributed by atoms with Gasteiger partial charge in [0.25, 0.3) is 11.5 Å². The number of carbonyl (C=O) groups is 2. The number of carbonyl (C=O) groups excluding carboxylic acids is 1. The maximum absolute atomic E-state index is 15.4. The standard InChI is InChI=1S/C33H35F4N3O6/c1-17-13-24(31(42)39(4)19(17)3)23-8-7-20(22-6-5-10-46-29(22)23)14-26(32(43)44)38-30(41)28-18(2)12-21(15-25(28)34)40-9-11-45-16-27(40)33(35,36)37/h7-8,12-13,15,26-27H,5-6,9-11,14,16H2,1-4H3,(H,38,41)(H,43,44)/t26-,27+/m0/s1. The molecule has 2 aromatic carbocycles. The molecule has 46 heavy (non-hydrogen) atoms. The van der Waals surface area contributed by atoms with Crippen molar-refractivity contribution in [2.45, 2.75) is 58.3 Å². The van der Waals surface area contributed by atoms with Crippen molar-refractivity contribution in [3.8, 4) is 16.9 Å². The second-order valence-corrected chi connectivity index (χ2v) is 11.7. The number of alkyl halides is 3. The van der Waals surface area contributed by atoms with Gasteiger partial charge in [0.1, 0.15) is 23.7 Å². The van der Waals surface area contributed by atoms with Crippen molar-refractivity contribution in [1.29, 1.82) is 0 Å². The second-order valence-electron chi connectivity index (χ2n) is 11.7. The van der Waals surface area contributed by atoms with Crippen LogP contribution in [0.4, 0.5) is 23.2 Å². The van der Waals surface area contributed by atoms with Gasteiger partial charge in [-0.15, -0.1) is 0 Å². The summed E-state index contributed by atoms with van der Waals surface area (Å²) < 4.78 is 68.7. The van der Waals surface area contributed by atoms with E-state index in [0.717, 1.165) is 27.8 Å². The predicted octanol–water partition coefficient (Wildman–Crippen LogP) is 4.63. The Labute approximate surface area is 262 Å². The number of pyridine rings is 1. The van der Waals surface area contributed by atoms with Crippen molar-refractivity contribution in [2.24, 2.45) is 7.05 Å². The number of morpholine rings is 1. The Bertz CT molecular complexity index is 1730. The molecule has 2 N–H and O–H groups in total. The van der Waals surface area contributed by atoms with Gasteiger partial charge in [0, 0.05) is 37.0 Å². The zero-order valence-electron chi connectivity index (χ0n) is 25.9. The van der Waals surface area contributed by atoms with E-state index in [-0.39, 0.29) is 36.4 Å². The molecule has 0 aliphatic carbocycles. The summed E-state index contributed by atoms with van der Waals surface area (Å²) in [5.74, 6) is -2.96. The van der Waals surface area contributed by atoms with Crippen molar-refractivity contribution in [3.63, 3.8) is 0 Å². The zero-order chi connectivity index (χ0) is 33.5. The second kappa shape index (κ2) is 12.8. The molecule has 2 aliphatic rings. The molecule has 0 bridgehead atoms. The SMILES string of the molecule is Cc1cc(N2CCOC[C@@H]2C(F)(F)F)cc(F)c1C(=O)N[C@@H](Cc1ccc(-c2cc(C)c(C)n(C)c2=O)c2c1CCCO2)C(=O)O. The van der Waals surface area contributed by atoms with E-state index in [2.05, 4.69) is 5.32 Å². The first kappa shape index (κ1) is 33.0. The van der Waals surface area contributed by atoms with Gasteiger partial charge in [-0.25, -0.2) is 9.18 Å². The van der Waals surface area contributed by atoms with Gasteiger partial charge in [0.15, 0.2) is 0 Å². The average Bonchev–Trinajstić information content (AvgIpc) is 3.01. The maximum atomic E-state index is 15.4. The van der Waals surface area contributed by atoms with Crippen molar-refractivity contribution in [3.05, 3.63) is 80.0 Å². The van der Waals surface area contributed by atoms with E-state index >= 15 is 4.39 Å². The van der Waals surface area contributed by atoms with Crippen LogP contribution in [-0.4, -0.2) is 66.2 Å². The molecule has 246 valence electrons. The predicted molar refractivity (Wildman–Crippen MR) is 162 cm³/mol. The van der Waals surface area contributed by atoms with Crippen molar-refractivity contribution in [1.82, 2.24) is 9.88 Å². The van der Waals surface area contributed by atoms with Gasteiger partial charge < -0.3 is 29.4 Å². The highest BCUT2D eigenvalue weighted by atomic mass is 19.4. The zero-order valence-corrected chi connectivity index (χ0v) is 25.9. The van der Waals surface area contributed by atoms with Crippen LogP contribution in [-0.2, 0) is 29.4 Å². The summed E-state index contributed by atoms with van der Waals surface area (Å²) in [6.45, 7) is 4.84. The molecular weight excluding hydrogens is 610 g/mol. The fourth-order valence-corrected chi connectivity index (χ4v) is 6.12. The summed E-state index contributed by atoms with van der Waals surface area (Å²) in [5, 5.41) is 12.4. The smallest absolute Gasteiger partial charge is 0.411 e. The fourth-order valence-electron chi connectivity index (χ4n) is 6.12. The lowest BCUT2D eigenvalue weighted by Crippen LogP contribution is -2.53. The van der Waals surface area contributed by atoms with Gasteiger partial charge in [-0.1, -0.05) is 12.1 Å². The molecule has 0 saturated carbocycles. The van der Waals surface area contributed by atoms with Crippen LogP contribution in [0.5, 0.6) is 5.75 Å². The Morgan fingerprint density at radius 2 is 1.83 bits per heavy atom. The van der Waals surface area contributed by atoms with Crippen molar-refractivity contribution >= 4 is 17.6 Å². The first-order valence-electron chi connectivity index (χ1n) is 14.9. The molecule has 1 saturated heterocycles. The molecule has 1 aromatic heterocycles. The Morgan fingerprint density at radius 3 is 2.50 bits per heavy atom. The summed E-state index contributed by atoms with van der Waals surface area (Å²) in [6.07, 6.45) is -3.56. The lowest BCUT2D eigenvalue weighted by Gasteiger charge is -2.38. The highest BCUT2D eigenvalue weighted by molar-refractivity contribution is 5.98. The summed E-state index contributed by atoms with van der Waals surface area (Å²) in [7, 11) is 1.69. The van der Waals surface area contributed by atoms with E-state index in [0.29, 0.717) is 41.9 Å². The topological polar surface area (TPSA) is 110 Å². The highest BCUT2D eigenvalue weighted by Gasteiger charge is 2.45. The Morgan fingerprint density at radius 1 is 1.09 bits per heavy atom. The quantitative estimate of drug-likeness (QED) is 0.361. The lowest BCUT2D eigenvalue weighted by molar-refractivity contribution is -0.167. The number of aliphatic carboxylic acids is 1. The van der Waals surface area contributed by atoms with Gasteiger partial charge in [-0.05, 0) is 74.1 Å². The molecule has 0 spiro atoms. The first-order valence-corrected chi connectivity index (χ1v) is 14.9. The summed E-state index contributed by atoms with van der Waals surface area (Å²) >= 11 is 0. The van der Waals surface area contributed by atoms with Gasteiger partial charge in [-0.2, -0.15) is 13.2 Å². The van der Waals surface area contributed by atoms with E-state index in [1.54, 1.807) is 29.8 Å². The molecular formula is C33H35F4N3O6. The monoisotopic (exact) mass is 645 g/mol. The van der Waals surface area contributed by atoms with Crippen molar-refractivity contribution in [2.75, 3.05) is 31.3 Å². The molecule has 0 unspecified atom stereocenters. The molecule has 2 atom stereocenters. The third-order valence-corrected chi connectivity index (χ3v) is 8.80. The summed E-state index contributed by atoms with van der Waals surface area (Å²) in [4.78, 5) is 39.7. The number of hydrogen-bond acceptors (Lipinski definition) is 6. The van der Waals surface area contributed by atoms with Crippen LogP contribution in [0, 0.1) is 26.6 Å². The maximum Gasteiger partial charge on any atom is 0.411 e. The highest BCUT2D eigenvalue weighted by Crippen LogP contribution is 2.38. The normalized spacial score (nSPS) is 17.2. The number of hydrogen-bond donors (Lipinski definition) is 2. The minimum absolute atomic E-state index is 0.0206. The van der Waals surface area contributed by atoms with Gasteiger partial charge in [-0.3, -0.25) is 9.59 Å². The Hall–Kier alpha value is -4.39. The number of amides is 1. The van der Waals surface area contributed by atoms with Crippen LogP contribution in [0.1, 0.15) is 44.7 Å². The van der Waals surface area contributed by atoms with Crippen LogP contribution >= 0.6 is 0 Å². The molecule has 2 aliphatic heterocycles. The summed E-state index contributed by atoms with van der Waals surface area (Å²) in [6, 6.07) is 3.90. The number of carboxylic acids is 1. The summed E-state index contributed by atoms with van der Waals surface area (Å²) in [5.41, 5.74) is 3.42. The number of benzene rings is 2. The van der Waals surface area contributed by atoms with Gasteiger partial charge >= 0.3 is 12.1 Å². The number of carboxylic acid groups (broad SMARTS) is 1. The van der Waals surface area contributed by atoms with Gasteiger partial charge in [0.2, 0.25) is 0 Å². The molecule has 3 aromatic rings.